The monoisotopic (exact) mass is 401 g/mol. The second-order valence-corrected chi connectivity index (χ2v) is 7.73. The Kier molecular flexibility index (Phi) is 4.85. The smallest absolute Gasteiger partial charge is 0.297 e. The van der Waals surface area contributed by atoms with E-state index >= 15 is 0 Å². The van der Waals surface area contributed by atoms with Gasteiger partial charge in [-0.25, -0.2) is 0 Å². The minimum absolute atomic E-state index is 0.0363. The number of carbonyl (C=O) groups is 2. The molecule has 1 fully saturated rings. The first-order valence-electron chi connectivity index (χ1n) is 10.4. The van der Waals surface area contributed by atoms with E-state index in [1.165, 1.54) is 0 Å². The number of benzene rings is 2. The largest absolute Gasteiger partial charge is 0.338 e. The third-order valence-corrected chi connectivity index (χ3v) is 5.73. The van der Waals surface area contributed by atoms with Gasteiger partial charge in [0.1, 0.15) is 0 Å². The molecule has 0 atom stereocenters. The molecule has 152 valence electrons. The van der Waals surface area contributed by atoms with Gasteiger partial charge in [-0.3, -0.25) is 14.5 Å². The summed E-state index contributed by atoms with van der Waals surface area (Å²) in [6.45, 7) is 0.919. The number of nitrogens with zero attached hydrogens (tertiary/aromatic N) is 1. The fourth-order valence-electron chi connectivity index (χ4n) is 4.27. The van der Waals surface area contributed by atoms with Crippen LogP contribution in [-0.4, -0.2) is 24.9 Å². The predicted molar refractivity (Wildman–Crippen MR) is 113 cm³/mol. The summed E-state index contributed by atoms with van der Waals surface area (Å²) in [4.78, 5) is 27.9. The molecule has 5 heteroatoms. The highest BCUT2D eigenvalue weighted by molar-refractivity contribution is 6.09. The van der Waals surface area contributed by atoms with Crippen LogP contribution in [0.15, 0.2) is 72.5 Å². The van der Waals surface area contributed by atoms with Crippen molar-refractivity contribution in [2.75, 3.05) is 18.1 Å². The van der Waals surface area contributed by atoms with E-state index in [4.69, 9.17) is 9.47 Å². The van der Waals surface area contributed by atoms with Crippen LogP contribution in [0, 0.1) is 0 Å². The minimum Gasteiger partial charge on any atom is -0.338 e. The molecule has 2 aliphatic heterocycles. The van der Waals surface area contributed by atoms with Crippen molar-refractivity contribution in [1.29, 1.82) is 0 Å². The zero-order chi connectivity index (χ0) is 20.6. The van der Waals surface area contributed by atoms with Crippen molar-refractivity contribution in [2.45, 2.75) is 31.5 Å². The molecule has 0 bridgehead atoms. The number of rotatable bonds is 4. The SMILES string of the molecule is O=C(Cc1ccc2c(c1)C1(OCCCO1)C(=O)N2C1=CCCC=C1)c1ccccc1. The Morgan fingerprint density at radius 3 is 2.57 bits per heavy atom. The maximum Gasteiger partial charge on any atom is 0.297 e. The van der Waals surface area contributed by atoms with Gasteiger partial charge in [-0.1, -0.05) is 48.6 Å². The van der Waals surface area contributed by atoms with Gasteiger partial charge < -0.3 is 9.47 Å². The summed E-state index contributed by atoms with van der Waals surface area (Å²) in [7, 11) is 0. The van der Waals surface area contributed by atoms with Crippen LogP contribution in [0.3, 0.4) is 0 Å². The summed E-state index contributed by atoms with van der Waals surface area (Å²) in [5, 5.41) is 0. The Balaban J connectivity index is 1.54. The summed E-state index contributed by atoms with van der Waals surface area (Å²) in [5.41, 5.74) is 3.80. The normalized spacial score (nSPS) is 19.7. The fraction of sp³-hybridized carbons (Fsp3) is 0.280. The zero-order valence-electron chi connectivity index (χ0n) is 16.7. The van der Waals surface area contributed by atoms with E-state index in [0.29, 0.717) is 24.3 Å². The van der Waals surface area contributed by atoms with Crippen molar-refractivity contribution in [3.63, 3.8) is 0 Å². The fourth-order valence-corrected chi connectivity index (χ4v) is 4.27. The molecule has 5 nitrogen and oxygen atoms in total. The highest BCUT2D eigenvalue weighted by Crippen LogP contribution is 2.47. The van der Waals surface area contributed by atoms with Gasteiger partial charge in [-0.15, -0.1) is 0 Å². The van der Waals surface area contributed by atoms with E-state index < -0.39 is 5.79 Å². The van der Waals surface area contributed by atoms with E-state index in [1.807, 2.05) is 54.6 Å². The molecular weight excluding hydrogens is 378 g/mol. The first-order valence-corrected chi connectivity index (χ1v) is 10.4. The van der Waals surface area contributed by atoms with Gasteiger partial charge in [-0.2, -0.15) is 0 Å². The lowest BCUT2D eigenvalue weighted by molar-refractivity contribution is -0.256. The summed E-state index contributed by atoms with van der Waals surface area (Å²) in [6.07, 6.45) is 8.97. The molecule has 1 spiro atoms. The Bertz CT molecular complexity index is 1050. The van der Waals surface area contributed by atoms with Crippen molar-refractivity contribution in [2.24, 2.45) is 0 Å². The van der Waals surface area contributed by atoms with Crippen molar-refractivity contribution in [3.05, 3.63) is 89.1 Å². The maximum atomic E-state index is 13.5. The number of fused-ring (bicyclic) bond motifs is 2. The highest BCUT2D eigenvalue weighted by Gasteiger charge is 2.55. The van der Waals surface area contributed by atoms with Gasteiger partial charge in [0.15, 0.2) is 5.78 Å². The molecular formula is C25H23NO4. The van der Waals surface area contributed by atoms with Gasteiger partial charge in [0, 0.05) is 23.2 Å². The van der Waals surface area contributed by atoms with Gasteiger partial charge in [0.05, 0.1) is 18.9 Å². The highest BCUT2D eigenvalue weighted by atomic mass is 16.7. The Labute approximate surface area is 175 Å². The molecule has 3 aliphatic rings. The number of ether oxygens (including phenoxy) is 2. The molecule has 0 radical (unpaired) electrons. The number of Topliss-reactive ketones (excluding diaryl/α,β-unsaturated/α-hetero) is 1. The molecule has 0 N–H and O–H groups in total. The average molecular weight is 401 g/mol. The molecule has 2 aromatic carbocycles. The number of hydrogen-bond acceptors (Lipinski definition) is 4. The van der Waals surface area contributed by atoms with E-state index in [0.717, 1.165) is 36.2 Å². The third-order valence-electron chi connectivity index (χ3n) is 5.73. The number of hydrogen-bond donors (Lipinski definition) is 0. The van der Waals surface area contributed by atoms with Crippen LogP contribution >= 0.6 is 0 Å². The molecule has 1 saturated heterocycles. The number of amides is 1. The van der Waals surface area contributed by atoms with E-state index in [9.17, 15) is 9.59 Å². The molecule has 0 aromatic heterocycles. The number of ketones is 1. The topological polar surface area (TPSA) is 55.8 Å². The predicted octanol–water partition coefficient (Wildman–Crippen LogP) is 4.28. The van der Waals surface area contributed by atoms with Gasteiger partial charge in [0.25, 0.3) is 11.7 Å². The van der Waals surface area contributed by atoms with Crippen molar-refractivity contribution in [3.8, 4) is 0 Å². The van der Waals surface area contributed by atoms with Crippen LogP contribution in [0.2, 0.25) is 0 Å². The molecule has 2 aromatic rings. The van der Waals surface area contributed by atoms with Crippen molar-refractivity contribution < 1.29 is 19.1 Å². The number of carbonyl (C=O) groups excluding carboxylic acids is 2. The van der Waals surface area contributed by atoms with Gasteiger partial charge in [0.2, 0.25) is 0 Å². The molecule has 1 aliphatic carbocycles. The Morgan fingerprint density at radius 1 is 1.03 bits per heavy atom. The molecule has 5 rings (SSSR count). The molecule has 1 amide bonds. The van der Waals surface area contributed by atoms with Crippen molar-refractivity contribution in [1.82, 2.24) is 0 Å². The van der Waals surface area contributed by atoms with Crippen LogP contribution in [0.1, 0.15) is 40.7 Å². The quantitative estimate of drug-likeness (QED) is 0.718. The van der Waals surface area contributed by atoms with Crippen LogP contribution < -0.4 is 4.90 Å². The Morgan fingerprint density at radius 2 is 1.83 bits per heavy atom. The standard InChI is InChI=1S/C25H23NO4/c27-23(19-8-3-1-4-9-19)17-18-12-13-22-21(16-18)25(29-14-7-15-30-25)24(28)26(22)20-10-5-2-6-11-20/h1,3-5,8-13,16H,2,6-7,14-15,17H2. The first-order chi connectivity index (χ1) is 14.7. The minimum atomic E-state index is -1.43. The molecule has 2 heterocycles. The third kappa shape index (κ3) is 3.11. The first kappa shape index (κ1) is 19.0. The van der Waals surface area contributed by atoms with Crippen LogP contribution in [-0.2, 0) is 26.5 Å². The van der Waals surface area contributed by atoms with Crippen LogP contribution in [0.4, 0.5) is 5.69 Å². The van der Waals surface area contributed by atoms with Crippen molar-refractivity contribution >= 4 is 17.4 Å². The molecule has 0 unspecified atom stereocenters. The number of allylic oxidation sites excluding steroid dienone is 3. The lowest BCUT2D eigenvalue weighted by atomic mass is 9.98. The summed E-state index contributed by atoms with van der Waals surface area (Å²) in [6, 6.07) is 15.0. The van der Waals surface area contributed by atoms with Gasteiger partial charge in [-0.05, 0) is 43.0 Å². The molecule has 30 heavy (non-hydrogen) atoms. The zero-order valence-corrected chi connectivity index (χ0v) is 16.7. The second-order valence-electron chi connectivity index (χ2n) is 7.73. The number of anilines is 1. The molecule has 0 saturated carbocycles. The lowest BCUT2D eigenvalue weighted by Crippen LogP contribution is -2.46. The summed E-state index contributed by atoms with van der Waals surface area (Å²) >= 11 is 0. The maximum absolute atomic E-state index is 13.5. The Hall–Kier alpha value is -3.02. The van der Waals surface area contributed by atoms with E-state index in [2.05, 4.69) is 12.2 Å². The second kappa shape index (κ2) is 7.67. The van der Waals surface area contributed by atoms with E-state index in [-0.39, 0.29) is 18.1 Å². The van der Waals surface area contributed by atoms with Crippen LogP contribution in [0.5, 0.6) is 0 Å². The van der Waals surface area contributed by atoms with Gasteiger partial charge >= 0.3 is 0 Å². The summed E-state index contributed by atoms with van der Waals surface area (Å²) < 4.78 is 12.0. The average Bonchev–Trinajstić information content (AvgIpc) is 3.03. The van der Waals surface area contributed by atoms with Crippen LogP contribution in [0.25, 0.3) is 0 Å². The van der Waals surface area contributed by atoms with E-state index in [1.54, 1.807) is 4.90 Å². The lowest BCUT2D eigenvalue weighted by Gasteiger charge is -2.32. The summed E-state index contributed by atoms with van der Waals surface area (Å²) in [5.74, 6) is -1.61.